The van der Waals surface area contributed by atoms with Crippen LogP contribution in [0, 0.1) is 0 Å². The number of rotatable bonds is 4. The monoisotopic (exact) mass is 359 g/mol. The van der Waals surface area contributed by atoms with Crippen molar-refractivity contribution in [2.45, 2.75) is 31.9 Å². The fourth-order valence-electron chi connectivity index (χ4n) is 3.84. The summed E-state index contributed by atoms with van der Waals surface area (Å²) in [6.45, 7) is 3.79. The molecule has 0 radical (unpaired) electrons. The third-order valence-corrected chi connectivity index (χ3v) is 5.19. The Morgan fingerprint density at radius 3 is 2.41 bits per heavy atom. The van der Waals surface area contributed by atoms with Gasteiger partial charge in [-0.3, -0.25) is 9.59 Å². The Labute approximate surface area is 158 Å². The van der Waals surface area contributed by atoms with Crippen molar-refractivity contribution in [3.05, 3.63) is 77.9 Å². The molecule has 3 aromatic rings. The average Bonchev–Trinajstić information content (AvgIpc) is 2.89. The number of carbonyl (C=O) groups excluding carboxylic acids is 2. The van der Waals surface area contributed by atoms with Gasteiger partial charge in [-0.25, -0.2) is 0 Å². The van der Waals surface area contributed by atoms with Gasteiger partial charge in [-0.05, 0) is 36.8 Å². The van der Waals surface area contributed by atoms with E-state index in [1.165, 1.54) is 0 Å². The molecule has 4 rings (SSSR count). The van der Waals surface area contributed by atoms with E-state index in [0.717, 1.165) is 10.8 Å². The van der Waals surface area contributed by atoms with E-state index < -0.39 is 11.5 Å². The van der Waals surface area contributed by atoms with E-state index in [-0.39, 0.29) is 18.2 Å². The van der Waals surface area contributed by atoms with Crippen LogP contribution in [0.1, 0.15) is 36.2 Å². The first-order valence-electron chi connectivity index (χ1n) is 9.09. The highest BCUT2D eigenvalue weighted by Gasteiger charge is 2.51. The molecule has 3 aromatic carbocycles. The second kappa shape index (κ2) is 6.32. The van der Waals surface area contributed by atoms with Crippen molar-refractivity contribution >= 4 is 28.2 Å². The molecule has 0 saturated carbocycles. The maximum Gasteiger partial charge on any atom is 0.264 e. The van der Waals surface area contributed by atoms with Crippen LogP contribution in [0.25, 0.3) is 10.8 Å². The van der Waals surface area contributed by atoms with Crippen LogP contribution in [-0.4, -0.2) is 22.8 Å². The maximum atomic E-state index is 13.0. The number of benzene rings is 3. The van der Waals surface area contributed by atoms with Crippen LogP contribution in [-0.2, 0) is 10.4 Å². The van der Waals surface area contributed by atoms with Gasteiger partial charge in [0.25, 0.3) is 5.91 Å². The van der Waals surface area contributed by atoms with Gasteiger partial charge in [-0.1, -0.05) is 54.6 Å². The molecule has 0 spiro atoms. The minimum absolute atomic E-state index is 0.108. The van der Waals surface area contributed by atoms with Crippen molar-refractivity contribution in [2.24, 2.45) is 0 Å². The summed E-state index contributed by atoms with van der Waals surface area (Å²) >= 11 is 0. The van der Waals surface area contributed by atoms with Crippen molar-refractivity contribution in [3.8, 4) is 0 Å². The quantitative estimate of drug-likeness (QED) is 0.715. The Morgan fingerprint density at radius 1 is 1.00 bits per heavy atom. The Kier molecular flexibility index (Phi) is 4.08. The zero-order valence-electron chi connectivity index (χ0n) is 15.3. The van der Waals surface area contributed by atoms with Crippen molar-refractivity contribution in [1.29, 1.82) is 0 Å². The van der Waals surface area contributed by atoms with Crippen LogP contribution >= 0.6 is 0 Å². The lowest BCUT2D eigenvalue weighted by Crippen LogP contribution is -2.44. The third kappa shape index (κ3) is 2.73. The van der Waals surface area contributed by atoms with Gasteiger partial charge in [-0.15, -0.1) is 0 Å². The lowest BCUT2D eigenvalue weighted by atomic mass is 9.87. The highest BCUT2D eigenvalue weighted by atomic mass is 16.3. The van der Waals surface area contributed by atoms with Crippen LogP contribution < -0.4 is 4.90 Å². The molecule has 0 aromatic heterocycles. The Balaban J connectivity index is 1.72. The largest absolute Gasteiger partial charge is 0.375 e. The minimum Gasteiger partial charge on any atom is -0.375 e. The van der Waals surface area contributed by atoms with Crippen molar-refractivity contribution in [1.82, 2.24) is 0 Å². The number of hydrogen-bond acceptors (Lipinski definition) is 3. The number of amides is 1. The van der Waals surface area contributed by atoms with E-state index in [2.05, 4.69) is 0 Å². The van der Waals surface area contributed by atoms with Gasteiger partial charge in [0.15, 0.2) is 11.4 Å². The third-order valence-electron chi connectivity index (χ3n) is 5.19. The first-order chi connectivity index (χ1) is 12.9. The Morgan fingerprint density at radius 2 is 1.67 bits per heavy atom. The molecule has 4 heteroatoms. The Bertz CT molecular complexity index is 1060. The molecule has 1 heterocycles. The lowest BCUT2D eigenvalue weighted by molar-refractivity contribution is -0.136. The van der Waals surface area contributed by atoms with E-state index >= 15 is 0 Å². The second-order valence-corrected chi connectivity index (χ2v) is 7.31. The summed E-state index contributed by atoms with van der Waals surface area (Å²) in [5.41, 5.74) is -0.164. The molecular formula is C23H21NO3. The minimum atomic E-state index is -1.83. The van der Waals surface area contributed by atoms with Gasteiger partial charge in [-0.2, -0.15) is 0 Å². The molecule has 0 bridgehead atoms. The summed E-state index contributed by atoms with van der Waals surface area (Å²) in [5.74, 6) is -0.690. The van der Waals surface area contributed by atoms with Crippen LogP contribution in [0.5, 0.6) is 0 Å². The van der Waals surface area contributed by atoms with E-state index in [0.29, 0.717) is 16.8 Å². The van der Waals surface area contributed by atoms with Gasteiger partial charge >= 0.3 is 0 Å². The molecule has 1 amide bonds. The average molecular weight is 359 g/mol. The van der Waals surface area contributed by atoms with Gasteiger partial charge in [0.1, 0.15) is 0 Å². The van der Waals surface area contributed by atoms with Crippen LogP contribution in [0.3, 0.4) is 0 Å². The van der Waals surface area contributed by atoms with Crippen LogP contribution in [0.2, 0.25) is 0 Å². The second-order valence-electron chi connectivity index (χ2n) is 7.31. The number of aliphatic hydroxyl groups is 1. The maximum absolute atomic E-state index is 13.0. The predicted molar refractivity (Wildman–Crippen MR) is 106 cm³/mol. The van der Waals surface area contributed by atoms with Crippen LogP contribution in [0.4, 0.5) is 5.69 Å². The highest BCUT2D eigenvalue weighted by Crippen LogP contribution is 2.43. The van der Waals surface area contributed by atoms with Gasteiger partial charge in [0.05, 0.1) is 12.1 Å². The van der Waals surface area contributed by atoms with E-state index in [4.69, 9.17) is 0 Å². The van der Waals surface area contributed by atoms with Gasteiger partial charge in [0.2, 0.25) is 0 Å². The molecule has 4 nitrogen and oxygen atoms in total. The molecule has 1 aliphatic rings. The molecule has 27 heavy (non-hydrogen) atoms. The molecule has 0 unspecified atom stereocenters. The number of anilines is 1. The molecule has 1 N–H and O–H groups in total. The predicted octanol–water partition coefficient (Wildman–Crippen LogP) is 4.06. The zero-order valence-corrected chi connectivity index (χ0v) is 15.3. The van der Waals surface area contributed by atoms with E-state index in [1.807, 2.05) is 62.4 Å². The molecule has 1 atom stereocenters. The summed E-state index contributed by atoms with van der Waals surface area (Å²) in [6, 6.07) is 20.3. The lowest BCUT2D eigenvalue weighted by Gasteiger charge is -2.25. The first-order valence-corrected chi connectivity index (χ1v) is 9.09. The molecule has 0 fully saturated rings. The molecule has 0 aliphatic carbocycles. The van der Waals surface area contributed by atoms with Crippen LogP contribution in [0.15, 0.2) is 66.7 Å². The summed E-state index contributed by atoms with van der Waals surface area (Å²) in [4.78, 5) is 27.6. The Hall–Kier alpha value is -2.98. The highest BCUT2D eigenvalue weighted by molar-refractivity contribution is 6.11. The summed E-state index contributed by atoms with van der Waals surface area (Å²) in [5, 5.41) is 13.3. The number of para-hydroxylation sites is 1. The van der Waals surface area contributed by atoms with E-state index in [1.54, 1.807) is 23.1 Å². The standard InChI is InChI=1S/C23H21NO3/c1-15(2)24-20-10-6-5-9-19(20)23(27,22(24)26)14-21(25)18-12-11-16-7-3-4-8-17(16)13-18/h3-13,15,27H,14H2,1-2H3/t23-/m0/s1. The fourth-order valence-corrected chi connectivity index (χ4v) is 3.84. The number of carbonyl (C=O) groups is 2. The first kappa shape index (κ1) is 17.4. The van der Waals surface area contributed by atoms with Gasteiger partial charge < -0.3 is 10.0 Å². The smallest absolute Gasteiger partial charge is 0.264 e. The SMILES string of the molecule is CC(C)N1C(=O)[C@](O)(CC(=O)c2ccc3ccccc3c2)c2ccccc21. The number of nitrogens with zero attached hydrogens (tertiary/aromatic N) is 1. The summed E-state index contributed by atoms with van der Waals surface area (Å²) < 4.78 is 0. The summed E-state index contributed by atoms with van der Waals surface area (Å²) in [7, 11) is 0. The number of hydrogen-bond donors (Lipinski definition) is 1. The summed E-state index contributed by atoms with van der Waals surface area (Å²) in [6.07, 6.45) is -0.273. The molecule has 1 aliphatic heterocycles. The molecular weight excluding hydrogens is 338 g/mol. The van der Waals surface area contributed by atoms with Crippen molar-refractivity contribution in [3.63, 3.8) is 0 Å². The number of fused-ring (bicyclic) bond motifs is 2. The van der Waals surface area contributed by atoms with Gasteiger partial charge in [0, 0.05) is 17.2 Å². The molecule has 136 valence electrons. The topological polar surface area (TPSA) is 57.6 Å². The zero-order chi connectivity index (χ0) is 19.2. The number of ketones is 1. The van der Waals surface area contributed by atoms with Crippen molar-refractivity contribution in [2.75, 3.05) is 4.90 Å². The fraction of sp³-hybridized carbons (Fsp3) is 0.217. The molecule has 0 saturated heterocycles. The normalized spacial score (nSPS) is 19.0. The van der Waals surface area contributed by atoms with Crippen molar-refractivity contribution < 1.29 is 14.7 Å². The van der Waals surface area contributed by atoms with E-state index in [9.17, 15) is 14.7 Å². The number of Topliss-reactive ketones (excluding diaryl/α,β-unsaturated/α-hetero) is 1.